The first-order valence-corrected chi connectivity index (χ1v) is 5.90. The maximum Gasteiger partial charge on any atom is 0.231 e. The zero-order valence-corrected chi connectivity index (χ0v) is 10.1. The fourth-order valence-corrected chi connectivity index (χ4v) is 2.00. The van der Waals surface area contributed by atoms with Gasteiger partial charge in [0.25, 0.3) is 0 Å². The third-order valence-electron chi connectivity index (χ3n) is 2.95. The average Bonchev–Trinajstić information content (AvgIpc) is 2.85. The highest BCUT2D eigenvalue weighted by atomic mass is 19.1. The molecule has 0 radical (unpaired) electrons. The highest BCUT2D eigenvalue weighted by Crippen LogP contribution is 2.32. The fraction of sp³-hybridized carbons (Fsp3) is 0.133. The number of fused-ring (bicyclic) bond motifs is 1. The Balaban J connectivity index is 1.81. The van der Waals surface area contributed by atoms with Crippen LogP contribution in [0.1, 0.15) is 15.9 Å². The summed E-state index contributed by atoms with van der Waals surface area (Å²) in [5, 5.41) is 0. The number of ketones is 1. The maximum absolute atomic E-state index is 13.1. The molecule has 2 aromatic rings. The smallest absolute Gasteiger partial charge is 0.231 e. The fourth-order valence-electron chi connectivity index (χ4n) is 2.00. The van der Waals surface area contributed by atoms with Crippen molar-refractivity contribution in [3.05, 3.63) is 59.4 Å². The van der Waals surface area contributed by atoms with E-state index in [0.29, 0.717) is 22.6 Å². The van der Waals surface area contributed by atoms with Gasteiger partial charge in [0, 0.05) is 12.0 Å². The van der Waals surface area contributed by atoms with E-state index in [1.165, 1.54) is 12.1 Å². The zero-order valence-electron chi connectivity index (χ0n) is 10.1. The van der Waals surface area contributed by atoms with E-state index in [1.54, 1.807) is 30.3 Å². The van der Waals surface area contributed by atoms with Crippen molar-refractivity contribution in [1.29, 1.82) is 0 Å². The van der Waals surface area contributed by atoms with E-state index < -0.39 is 0 Å². The lowest BCUT2D eigenvalue weighted by molar-refractivity contribution is 0.0992. The Morgan fingerprint density at radius 1 is 1.11 bits per heavy atom. The molecule has 1 heterocycles. The summed E-state index contributed by atoms with van der Waals surface area (Å²) in [5.74, 6) is 0.798. The van der Waals surface area contributed by atoms with E-state index in [9.17, 15) is 9.18 Å². The summed E-state index contributed by atoms with van der Waals surface area (Å²) in [4.78, 5) is 12.1. The third-order valence-corrected chi connectivity index (χ3v) is 2.95. The summed E-state index contributed by atoms with van der Waals surface area (Å²) < 4.78 is 23.5. The summed E-state index contributed by atoms with van der Waals surface area (Å²) in [6, 6.07) is 11.1. The van der Waals surface area contributed by atoms with E-state index in [2.05, 4.69) is 0 Å². The molecular formula is C15H11FO3. The van der Waals surface area contributed by atoms with Crippen LogP contribution in [-0.2, 0) is 6.42 Å². The molecule has 3 nitrogen and oxygen atoms in total. The Morgan fingerprint density at radius 3 is 2.79 bits per heavy atom. The van der Waals surface area contributed by atoms with Crippen molar-refractivity contribution < 1.29 is 18.7 Å². The summed E-state index contributed by atoms with van der Waals surface area (Å²) in [5.41, 5.74) is 1.19. The number of ether oxygens (including phenoxy) is 2. The van der Waals surface area contributed by atoms with Gasteiger partial charge < -0.3 is 9.47 Å². The van der Waals surface area contributed by atoms with Crippen molar-refractivity contribution in [1.82, 2.24) is 0 Å². The number of Topliss-reactive ketones (excluding diaryl/α,β-unsaturated/α-hetero) is 1. The van der Waals surface area contributed by atoms with Crippen molar-refractivity contribution >= 4 is 5.78 Å². The first-order chi connectivity index (χ1) is 9.22. The molecule has 2 aromatic carbocycles. The second-order valence-corrected chi connectivity index (χ2v) is 4.30. The first-order valence-electron chi connectivity index (χ1n) is 5.90. The Morgan fingerprint density at radius 2 is 1.95 bits per heavy atom. The van der Waals surface area contributed by atoms with Gasteiger partial charge in [0.15, 0.2) is 17.3 Å². The molecule has 0 amide bonds. The molecule has 96 valence electrons. The van der Waals surface area contributed by atoms with Gasteiger partial charge >= 0.3 is 0 Å². The van der Waals surface area contributed by atoms with Gasteiger partial charge in [-0.25, -0.2) is 4.39 Å². The summed E-state index contributed by atoms with van der Waals surface area (Å²) in [7, 11) is 0. The minimum atomic E-state index is -0.337. The number of carbonyl (C=O) groups is 1. The van der Waals surface area contributed by atoms with E-state index in [-0.39, 0.29) is 24.8 Å². The molecule has 0 atom stereocenters. The lowest BCUT2D eigenvalue weighted by Gasteiger charge is -2.03. The highest BCUT2D eigenvalue weighted by molar-refractivity contribution is 5.98. The standard InChI is InChI=1S/C15H11FO3/c16-12-3-1-2-10(6-12)7-13(17)11-4-5-14-15(8-11)19-9-18-14/h1-6,8H,7,9H2. The minimum Gasteiger partial charge on any atom is -0.454 e. The van der Waals surface area contributed by atoms with Crippen LogP contribution >= 0.6 is 0 Å². The van der Waals surface area contributed by atoms with Crippen LogP contribution in [0.2, 0.25) is 0 Å². The van der Waals surface area contributed by atoms with Gasteiger partial charge in [-0.3, -0.25) is 4.79 Å². The molecule has 0 saturated heterocycles. The lowest BCUT2D eigenvalue weighted by Crippen LogP contribution is -2.03. The van der Waals surface area contributed by atoms with Gasteiger partial charge in [-0.15, -0.1) is 0 Å². The Hall–Kier alpha value is -2.36. The number of halogens is 1. The largest absolute Gasteiger partial charge is 0.454 e. The van der Waals surface area contributed by atoms with Crippen LogP contribution in [0.5, 0.6) is 11.5 Å². The summed E-state index contributed by atoms with van der Waals surface area (Å²) in [6.45, 7) is 0.177. The van der Waals surface area contributed by atoms with Crippen molar-refractivity contribution in [3.63, 3.8) is 0 Å². The van der Waals surface area contributed by atoms with Crippen LogP contribution in [0.15, 0.2) is 42.5 Å². The highest BCUT2D eigenvalue weighted by Gasteiger charge is 2.16. The van der Waals surface area contributed by atoms with Crippen LogP contribution in [0.4, 0.5) is 4.39 Å². The number of carbonyl (C=O) groups excluding carboxylic acids is 1. The molecule has 1 aliphatic rings. The predicted octanol–water partition coefficient (Wildman–Crippen LogP) is 2.98. The lowest BCUT2D eigenvalue weighted by atomic mass is 10.0. The maximum atomic E-state index is 13.1. The molecule has 4 heteroatoms. The van der Waals surface area contributed by atoms with Gasteiger partial charge in [0.2, 0.25) is 6.79 Å². The van der Waals surface area contributed by atoms with E-state index in [1.807, 2.05) is 0 Å². The Bertz CT molecular complexity index is 637. The Kier molecular flexibility index (Phi) is 2.91. The second kappa shape index (κ2) is 4.72. The third kappa shape index (κ3) is 2.42. The molecule has 0 fully saturated rings. The average molecular weight is 258 g/mol. The molecule has 0 aliphatic carbocycles. The van der Waals surface area contributed by atoms with Gasteiger partial charge in [0.1, 0.15) is 5.82 Å². The summed E-state index contributed by atoms with van der Waals surface area (Å²) >= 11 is 0. The van der Waals surface area contributed by atoms with Crippen molar-refractivity contribution in [2.24, 2.45) is 0 Å². The number of hydrogen-bond acceptors (Lipinski definition) is 3. The predicted molar refractivity (Wildman–Crippen MR) is 67.0 cm³/mol. The molecular weight excluding hydrogens is 247 g/mol. The number of rotatable bonds is 3. The number of hydrogen-bond donors (Lipinski definition) is 0. The number of benzene rings is 2. The van der Waals surface area contributed by atoms with Crippen LogP contribution in [0, 0.1) is 5.82 Å². The van der Waals surface area contributed by atoms with Crippen molar-refractivity contribution in [2.45, 2.75) is 6.42 Å². The van der Waals surface area contributed by atoms with Gasteiger partial charge in [-0.2, -0.15) is 0 Å². The second-order valence-electron chi connectivity index (χ2n) is 4.30. The molecule has 0 N–H and O–H groups in total. The van der Waals surface area contributed by atoms with Crippen LogP contribution < -0.4 is 9.47 Å². The van der Waals surface area contributed by atoms with E-state index >= 15 is 0 Å². The van der Waals surface area contributed by atoms with Crippen LogP contribution in [0.3, 0.4) is 0 Å². The van der Waals surface area contributed by atoms with Crippen LogP contribution in [0.25, 0.3) is 0 Å². The first kappa shape index (κ1) is 11.7. The SMILES string of the molecule is O=C(Cc1cccc(F)c1)c1ccc2c(c1)OCO2. The van der Waals surface area contributed by atoms with Gasteiger partial charge in [-0.05, 0) is 35.9 Å². The van der Waals surface area contributed by atoms with Crippen LogP contribution in [-0.4, -0.2) is 12.6 Å². The molecule has 0 saturated carbocycles. The molecule has 0 unspecified atom stereocenters. The van der Waals surface area contributed by atoms with Gasteiger partial charge in [-0.1, -0.05) is 12.1 Å². The van der Waals surface area contributed by atoms with Gasteiger partial charge in [0.05, 0.1) is 0 Å². The Labute approximate surface area is 109 Å². The topological polar surface area (TPSA) is 35.5 Å². The van der Waals surface area contributed by atoms with Crippen molar-refractivity contribution in [3.8, 4) is 11.5 Å². The summed E-state index contributed by atoms with van der Waals surface area (Å²) in [6.07, 6.45) is 0.164. The molecule has 0 aromatic heterocycles. The van der Waals surface area contributed by atoms with E-state index in [4.69, 9.17) is 9.47 Å². The molecule has 1 aliphatic heterocycles. The molecule has 19 heavy (non-hydrogen) atoms. The minimum absolute atomic E-state index is 0.0797. The quantitative estimate of drug-likeness (QED) is 0.794. The molecule has 0 bridgehead atoms. The van der Waals surface area contributed by atoms with Crippen molar-refractivity contribution in [2.75, 3.05) is 6.79 Å². The van der Waals surface area contributed by atoms with E-state index in [0.717, 1.165) is 0 Å². The zero-order chi connectivity index (χ0) is 13.2. The molecule has 0 spiro atoms. The monoisotopic (exact) mass is 258 g/mol. The normalized spacial score (nSPS) is 12.5. The molecule has 3 rings (SSSR count).